The summed E-state index contributed by atoms with van der Waals surface area (Å²) in [7, 11) is -0.296. The Morgan fingerprint density at radius 3 is 2.44 bits per heavy atom. The number of hydrogen-bond acceptors (Lipinski definition) is 3. The van der Waals surface area contributed by atoms with Gasteiger partial charge in [-0.2, -0.15) is 5.10 Å². The van der Waals surface area contributed by atoms with Gasteiger partial charge in [-0.25, -0.2) is 0 Å². The minimum Gasteiger partial charge on any atom is -0.400 e. The molecule has 0 radical (unpaired) electrons. The molecule has 1 aliphatic rings. The first kappa shape index (κ1) is 13.4. The third-order valence-corrected chi connectivity index (χ3v) is 3.74. The van der Waals surface area contributed by atoms with E-state index in [4.69, 9.17) is 9.31 Å². The van der Waals surface area contributed by atoms with Gasteiger partial charge in [-0.1, -0.05) is 5.98 Å². The molecule has 18 heavy (non-hydrogen) atoms. The molecule has 0 saturated carbocycles. The van der Waals surface area contributed by atoms with E-state index < -0.39 is 0 Å². The van der Waals surface area contributed by atoms with Crippen LogP contribution in [0.1, 0.15) is 40.3 Å². The fourth-order valence-electron chi connectivity index (χ4n) is 1.89. The highest BCUT2D eigenvalue weighted by Gasteiger charge is 2.49. The van der Waals surface area contributed by atoms with Crippen molar-refractivity contribution in [1.82, 2.24) is 9.78 Å². The molecular formula is C13H21BN2O2. The van der Waals surface area contributed by atoms with Crippen LogP contribution in [0.5, 0.6) is 0 Å². The molecule has 1 aliphatic heterocycles. The summed E-state index contributed by atoms with van der Waals surface area (Å²) in [5, 5.41) is 4.22. The Kier molecular flexibility index (Phi) is 3.38. The fourth-order valence-corrected chi connectivity index (χ4v) is 1.89. The van der Waals surface area contributed by atoms with E-state index in [2.05, 4.69) is 39.7 Å². The van der Waals surface area contributed by atoms with Crippen molar-refractivity contribution in [3.63, 3.8) is 0 Å². The first-order chi connectivity index (χ1) is 8.36. The summed E-state index contributed by atoms with van der Waals surface area (Å²) in [5.41, 5.74) is 0.493. The van der Waals surface area contributed by atoms with Crippen LogP contribution in [0.2, 0.25) is 0 Å². The van der Waals surface area contributed by atoms with Crippen molar-refractivity contribution in [2.75, 3.05) is 0 Å². The van der Waals surface area contributed by atoms with E-state index in [1.807, 2.05) is 22.8 Å². The Bertz CT molecular complexity index is 436. The van der Waals surface area contributed by atoms with Crippen molar-refractivity contribution < 1.29 is 9.31 Å². The smallest absolute Gasteiger partial charge is 0.400 e. The zero-order valence-electron chi connectivity index (χ0n) is 11.8. The second-order valence-corrected chi connectivity index (χ2v) is 5.56. The molecule has 4 nitrogen and oxygen atoms in total. The topological polar surface area (TPSA) is 36.3 Å². The molecule has 2 rings (SSSR count). The second-order valence-electron chi connectivity index (χ2n) is 5.56. The molecule has 5 heteroatoms. The number of hydrogen-bond donors (Lipinski definition) is 0. The van der Waals surface area contributed by atoms with E-state index >= 15 is 0 Å². The van der Waals surface area contributed by atoms with Crippen LogP contribution < -0.4 is 0 Å². The molecule has 0 aliphatic carbocycles. The van der Waals surface area contributed by atoms with Crippen LogP contribution in [-0.2, 0) is 15.9 Å². The highest BCUT2D eigenvalue weighted by molar-refractivity contribution is 6.52. The Morgan fingerprint density at radius 1 is 1.28 bits per heavy atom. The third kappa shape index (κ3) is 2.38. The number of aromatic nitrogens is 2. The van der Waals surface area contributed by atoms with Crippen LogP contribution >= 0.6 is 0 Å². The van der Waals surface area contributed by atoms with Crippen LogP contribution in [0, 0.1) is 0 Å². The van der Waals surface area contributed by atoms with E-state index in [9.17, 15) is 0 Å². The Morgan fingerprint density at radius 2 is 1.89 bits per heavy atom. The fraction of sp³-hybridized carbons (Fsp3) is 0.615. The summed E-state index contributed by atoms with van der Waals surface area (Å²) in [4.78, 5) is 0. The maximum Gasteiger partial charge on any atom is 0.487 e. The minimum atomic E-state index is -0.296. The molecule has 1 saturated heterocycles. The van der Waals surface area contributed by atoms with Crippen LogP contribution in [0.15, 0.2) is 18.2 Å². The molecule has 0 unspecified atom stereocenters. The molecule has 1 aromatic heterocycles. The lowest BCUT2D eigenvalue weighted by atomic mass is 9.90. The van der Waals surface area contributed by atoms with Crippen molar-refractivity contribution >= 4 is 13.2 Å². The third-order valence-electron chi connectivity index (χ3n) is 3.74. The maximum absolute atomic E-state index is 5.90. The quantitative estimate of drug-likeness (QED) is 0.771. The molecule has 0 atom stereocenters. The van der Waals surface area contributed by atoms with Crippen molar-refractivity contribution in [2.24, 2.45) is 0 Å². The zero-order chi connectivity index (χ0) is 13.4. The van der Waals surface area contributed by atoms with Gasteiger partial charge in [0.15, 0.2) is 0 Å². The van der Waals surface area contributed by atoms with Gasteiger partial charge in [-0.3, -0.25) is 4.68 Å². The first-order valence-corrected chi connectivity index (χ1v) is 6.41. The number of aryl methyl sites for hydroxylation is 1. The predicted octanol–water partition coefficient (Wildman–Crippen LogP) is 2.55. The summed E-state index contributed by atoms with van der Waals surface area (Å²) >= 11 is 0. The normalized spacial score (nSPS) is 21.9. The van der Waals surface area contributed by atoms with Gasteiger partial charge < -0.3 is 9.31 Å². The van der Waals surface area contributed by atoms with E-state index in [0.717, 1.165) is 12.2 Å². The lowest BCUT2D eigenvalue weighted by molar-refractivity contribution is 0.00578. The highest BCUT2D eigenvalue weighted by Crippen LogP contribution is 2.36. The van der Waals surface area contributed by atoms with Gasteiger partial charge >= 0.3 is 7.12 Å². The van der Waals surface area contributed by atoms with E-state index in [0.29, 0.717) is 0 Å². The predicted molar refractivity (Wildman–Crippen MR) is 73.0 cm³/mol. The maximum atomic E-state index is 5.90. The number of nitrogens with zero attached hydrogens (tertiary/aromatic N) is 2. The summed E-state index contributed by atoms with van der Waals surface area (Å²) in [6.07, 6.45) is 3.80. The van der Waals surface area contributed by atoms with Gasteiger partial charge in [0.25, 0.3) is 0 Å². The van der Waals surface area contributed by atoms with Crippen molar-refractivity contribution in [1.29, 1.82) is 0 Å². The number of rotatable bonds is 3. The van der Waals surface area contributed by atoms with Gasteiger partial charge in [-0.15, -0.1) is 0 Å². The van der Waals surface area contributed by atoms with Crippen molar-refractivity contribution in [3.8, 4) is 0 Å². The van der Waals surface area contributed by atoms with E-state index in [1.54, 1.807) is 6.20 Å². The minimum absolute atomic E-state index is 0.285. The summed E-state index contributed by atoms with van der Waals surface area (Å²) < 4.78 is 13.7. The van der Waals surface area contributed by atoms with Crippen molar-refractivity contribution in [3.05, 3.63) is 23.9 Å². The molecule has 1 fully saturated rings. The average Bonchev–Trinajstić information content (AvgIpc) is 2.78. The first-order valence-electron chi connectivity index (χ1n) is 6.41. The molecule has 0 spiro atoms. The Labute approximate surface area is 109 Å². The van der Waals surface area contributed by atoms with E-state index in [-0.39, 0.29) is 18.3 Å². The standard InChI is InChI=1S/C13H21BN2O2/c1-6-16-11(8-10-15-16)7-9-14-17-12(2,3)13(4,5)18-14/h7-10H,6H2,1-5H3/b9-7+. The average molecular weight is 248 g/mol. The van der Waals surface area contributed by atoms with Gasteiger partial charge in [-0.05, 0) is 46.8 Å². The molecule has 0 N–H and O–H groups in total. The van der Waals surface area contributed by atoms with Crippen molar-refractivity contribution in [2.45, 2.75) is 52.4 Å². The summed E-state index contributed by atoms with van der Waals surface area (Å²) in [6, 6.07) is 1.98. The highest BCUT2D eigenvalue weighted by atomic mass is 16.7. The molecular weight excluding hydrogens is 227 g/mol. The lowest BCUT2D eigenvalue weighted by Gasteiger charge is -2.32. The largest absolute Gasteiger partial charge is 0.487 e. The summed E-state index contributed by atoms with van der Waals surface area (Å²) in [6.45, 7) is 11.1. The van der Waals surface area contributed by atoms with E-state index in [1.165, 1.54) is 0 Å². The Hall–Kier alpha value is -1.07. The summed E-state index contributed by atoms with van der Waals surface area (Å²) in [5.74, 6) is 1.94. The Balaban J connectivity index is 2.08. The molecule has 2 heterocycles. The van der Waals surface area contributed by atoms with Crippen LogP contribution in [0.4, 0.5) is 0 Å². The van der Waals surface area contributed by atoms with Gasteiger partial charge in [0.2, 0.25) is 0 Å². The monoisotopic (exact) mass is 248 g/mol. The van der Waals surface area contributed by atoms with Crippen LogP contribution in [-0.4, -0.2) is 28.1 Å². The molecule has 0 bridgehead atoms. The van der Waals surface area contributed by atoms with Gasteiger partial charge in [0.1, 0.15) is 0 Å². The van der Waals surface area contributed by atoms with Crippen LogP contribution in [0.25, 0.3) is 6.08 Å². The van der Waals surface area contributed by atoms with Gasteiger partial charge in [0.05, 0.1) is 16.9 Å². The van der Waals surface area contributed by atoms with Gasteiger partial charge in [0, 0.05) is 12.7 Å². The second kappa shape index (κ2) is 4.55. The SMILES string of the molecule is CCn1nccc1/C=C/B1OC(C)(C)C(C)(C)O1. The van der Waals surface area contributed by atoms with Crippen LogP contribution in [0.3, 0.4) is 0 Å². The molecule has 0 amide bonds. The molecule has 1 aromatic rings. The molecule has 0 aromatic carbocycles. The lowest BCUT2D eigenvalue weighted by Crippen LogP contribution is -2.41. The molecule has 98 valence electrons. The zero-order valence-corrected chi connectivity index (χ0v) is 11.8.